The summed E-state index contributed by atoms with van der Waals surface area (Å²) in [5.74, 6) is -2.81. The number of allylic oxidation sites excluding steroid dienone is 4. The second-order valence-corrected chi connectivity index (χ2v) is 9.84. The number of fused-ring (bicyclic) bond motifs is 5. The molecule has 0 bridgehead atoms. The smallest absolute Gasteiger partial charge is 0.252 e. The quantitative estimate of drug-likeness (QED) is 0.619. The van der Waals surface area contributed by atoms with E-state index in [1.165, 1.54) is 26.1 Å². The van der Waals surface area contributed by atoms with Crippen molar-refractivity contribution < 1.29 is 28.6 Å². The number of carbonyl (C=O) groups excluding carboxylic acids is 2. The molecule has 4 aliphatic rings. The number of aliphatic hydroxyl groups is 2. The van der Waals surface area contributed by atoms with E-state index < -0.39 is 58.0 Å². The van der Waals surface area contributed by atoms with Crippen molar-refractivity contribution in [1.82, 2.24) is 5.32 Å². The van der Waals surface area contributed by atoms with Crippen molar-refractivity contribution in [2.75, 3.05) is 7.05 Å². The molecule has 3 fully saturated rings. The Hall–Kier alpha value is -1.60. The summed E-state index contributed by atoms with van der Waals surface area (Å²) in [5.41, 5.74) is -6.47. The van der Waals surface area contributed by atoms with Crippen molar-refractivity contribution in [1.29, 1.82) is 0 Å². The molecule has 4 aliphatic carbocycles. The highest BCUT2D eigenvalue weighted by Gasteiger charge is 2.76. The van der Waals surface area contributed by atoms with E-state index >= 15 is 8.78 Å². The molecule has 0 aromatic heterocycles. The summed E-state index contributed by atoms with van der Waals surface area (Å²) in [6.07, 6.45) is 0.773. The van der Waals surface area contributed by atoms with Crippen LogP contribution < -0.4 is 5.32 Å². The zero-order valence-electron chi connectivity index (χ0n) is 17.2. The summed E-state index contributed by atoms with van der Waals surface area (Å²) in [7, 11) is 1.43. The molecule has 4 rings (SSSR count). The topological polar surface area (TPSA) is 86.6 Å². The Morgan fingerprint density at radius 3 is 2.55 bits per heavy atom. The third kappa shape index (κ3) is 2.16. The second-order valence-electron chi connectivity index (χ2n) is 9.84. The molecule has 3 N–H and O–H groups in total. The van der Waals surface area contributed by atoms with Gasteiger partial charge in [0.05, 0.1) is 6.10 Å². The maximum Gasteiger partial charge on any atom is 0.252 e. The van der Waals surface area contributed by atoms with Gasteiger partial charge < -0.3 is 15.5 Å². The Bertz CT molecular complexity index is 843. The largest absolute Gasteiger partial charge is 0.390 e. The van der Waals surface area contributed by atoms with Gasteiger partial charge in [-0.2, -0.15) is 0 Å². The first-order chi connectivity index (χ1) is 13.4. The summed E-state index contributed by atoms with van der Waals surface area (Å²) < 4.78 is 32.2. The van der Waals surface area contributed by atoms with Crippen molar-refractivity contribution in [3.05, 3.63) is 23.8 Å². The molecule has 7 heteroatoms. The first-order valence-corrected chi connectivity index (χ1v) is 10.3. The zero-order chi connectivity index (χ0) is 21.6. The Labute approximate surface area is 169 Å². The van der Waals surface area contributed by atoms with Gasteiger partial charge in [-0.3, -0.25) is 9.59 Å². The van der Waals surface area contributed by atoms with Gasteiger partial charge >= 0.3 is 0 Å². The molecule has 0 unspecified atom stereocenters. The second kappa shape index (κ2) is 5.97. The first kappa shape index (κ1) is 20.7. The number of amides is 1. The average Bonchev–Trinajstić information content (AvgIpc) is 2.86. The standard InChI is InChI=1S/C22H29F2NO4/c1-11-7-13-14-9-16(23)15-8-12(26)5-6-19(15,2)21(14,24)17(27)10-20(13,3)22(11,29)18(28)25-4/h5-6,8,11,13-14,16-17,27,29H,7,9-10H2,1-4H3,(H,25,28)/t11-,13+,14+,16+,17+,19+,20+,21+,22+/m1/s1. The number of carbonyl (C=O) groups is 2. The van der Waals surface area contributed by atoms with Gasteiger partial charge in [0.15, 0.2) is 17.1 Å². The minimum Gasteiger partial charge on any atom is -0.390 e. The predicted octanol–water partition coefficient (Wildman–Crippen LogP) is 2.03. The molecule has 0 radical (unpaired) electrons. The number of aliphatic hydroxyl groups excluding tert-OH is 1. The number of halogens is 2. The van der Waals surface area contributed by atoms with E-state index in [1.807, 2.05) is 0 Å². The molecule has 0 saturated heterocycles. The number of hydrogen-bond donors (Lipinski definition) is 3. The number of nitrogens with one attached hydrogen (secondary N) is 1. The SMILES string of the molecule is CNC(=O)[C@@]1(O)[C@H](C)C[C@H]2[C@@H]3C[C@H](F)C4=CC(=O)C=C[C@]4(C)[C@@]3(F)[C@@H](O)C[C@@]21C. The van der Waals surface area contributed by atoms with Crippen molar-refractivity contribution >= 4 is 11.7 Å². The number of alkyl halides is 2. The highest BCUT2D eigenvalue weighted by Crippen LogP contribution is 2.70. The van der Waals surface area contributed by atoms with Crippen LogP contribution >= 0.6 is 0 Å². The van der Waals surface area contributed by atoms with Gasteiger partial charge in [0, 0.05) is 23.8 Å². The van der Waals surface area contributed by atoms with Crippen LogP contribution in [-0.2, 0) is 9.59 Å². The van der Waals surface area contributed by atoms with Gasteiger partial charge in [0.25, 0.3) is 5.91 Å². The molecule has 9 atom stereocenters. The molecule has 0 spiro atoms. The Balaban J connectivity index is 1.87. The maximum absolute atomic E-state index is 16.9. The molecule has 0 heterocycles. The van der Waals surface area contributed by atoms with Crippen molar-refractivity contribution in [2.45, 2.75) is 63.6 Å². The van der Waals surface area contributed by atoms with Gasteiger partial charge in [0.2, 0.25) is 0 Å². The van der Waals surface area contributed by atoms with Crippen molar-refractivity contribution in [3.63, 3.8) is 0 Å². The van der Waals surface area contributed by atoms with Crippen LogP contribution in [0.1, 0.15) is 40.0 Å². The lowest BCUT2D eigenvalue weighted by atomic mass is 9.44. The fourth-order valence-corrected chi connectivity index (χ4v) is 7.21. The number of hydrogen-bond acceptors (Lipinski definition) is 4. The summed E-state index contributed by atoms with van der Waals surface area (Å²) >= 11 is 0. The summed E-state index contributed by atoms with van der Waals surface area (Å²) in [6, 6.07) is 0. The highest BCUT2D eigenvalue weighted by molar-refractivity contribution is 6.01. The predicted molar refractivity (Wildman–Crippen MR) is 102 cm³/mol. The van der Waals surface area contributed by atoms with Crippen molar-refractivity contribution in [2.24, 2.45) is 28.6 Å². The van der Waals surface area contributed by atoms with Crippen molar-refractivity contribution in [3.8, 4) is 0 Å². The molecule has 0 aliphatic heterocycles. The molecular weight excluding hydrogens is 380 g/mol. The van der Waals surface area contributed by atoms with E-state index in [4.69, 9.17) is 0 Å². The summed E-state index contributed by atoms with van der Waals surface area (Å²) in [4.78, 5) is 24.5. The van der Waals surface area contributed by atoms with Crippen LogP contribution in [0, 0.1) is 28.6 Å². The monoisotopic (exact) mass is 409 g/mol. The van der Waals surface area contributed by atoms with Gasteiger partial charge in [0.1, 0.15) is 6.17 Å². The molecule has 1 amide bonds. The minimum atomic E-state index is -2.20. The van der Waals surface area contributed by atoms with Crippen LogP contribution in [0.2, 0.25) is 0 Å². The van der Waals surface area contributed by atoms with E-state index in [9.17, 15) is 19.8 Å². The third-order valence-corrected chi connectivity index (χ3v) is 8.78. The molecule has 3 saturated carbocycles. The van der Waals surface area contributed by atoms with Crippen LogP contribution in [0.4, 0.5) is 8.78 Å². The van der Waals surface area contributed by atoms with Crippen LogP contribution in [-0.4, -0.2) is 52.5 Å². The van der Waals surface area contributed by atoms with Gasteiger partial charge in [-0.1, -0.05) is 19.9 Å². The van der Waals surface area contributed by atoms with Crippen LogP contribution in [0.5, 0.6) is 0 Å². The van der Waals surface area contributed by atoms with E-state index in [-0.39, 0.29) is 24.2 Å². The lowest BCUT2D eigenvalue weighted by Gasteiger charge is -2.63. The molecule has 5 nitrogen and oxygen atoms in total. The van der Waals surface area contributed by atoms with Crippen LogP contribution in [0.25, 0.3) is 0 Å². The number of ketones is 1. The Kier molecular flexibility index (Phi) is 4.26. The minimum absolute atomic E-state index is 0.0685. The molecule has 0 aromatic rings. The Morgan fingerprint density at radius 2 is 1.93 bits per heavy atom. The average molecular weight is 409 g/mol. The fourth-order valence-electron chi connectivity index (χ4n) is 7.21. The number of rotatable bonds is 1. The highest BCUT2D eigenvalue weighted by atomic mass is 19.1. The third-order valence-electron chi connectivity index (χ3n) is 8.78. The molecule has 160 valence electrons. The Morgan fingerprint density at radius 1 is 1.28 bits per heavy atom. The molecular formula is C22H29F2NO4. The van der Waals surface area contributed by atoms with E-state index in [0.29, 0.717) is 6.42 Å². The van der Waals surface area contributed by atoms with E-state index in [1.54, 1.807) is 13.8 Å². The lowest BCUT2D eigenvalue weighted by Crippen LogP contribution is -2.71. The summed E-state index contributed by atoms with van der Waals surface area (Å²) in [5, 5.41) is 25.1. The lowest BCUT2D eigenvalue weighted by molar-refractivity contribution is -0.223. The normalized spacial score (nSPS) is 53.6. The van der Waals surface area contributed by atoms with Crippen LogP contribution in [0.15, 0.2) is 23.8 Å². The first-order valence-electron chi connectivity index (χ1n) is 10.3. The molecule has 29 heavy (non-hydrogen) atoms. The van der Waals surface area contributed by atoms with E-state index in [2.05, 4.69) is 5.32 Å². The maximum atomic E-state index is 16.9. The van der Waals surface area contributed by atoms with Crippen LogP contribution in [0.3, 0.4) is 0 Å². The molecule has 0 aromatic carbocycles. The van der Waals surface area contributed by atoms with Gasteiger partial charge in [-0.05, 0) is 55.7 Å². The number of likely N-dealkylation sites (N-methyl/N-ethyl adjacent to an activating group) is 1. The van der Waals surface area contributed by atoms with Gasteiger partial charge in [-0.25, -0.2) is 8.78 Å². The zero-order valence-corrected chi connectivity index (χ0v) is 17.2. The summed E-state index contributed by atoms with van der Waals surface area (Å²) in [6.45, 7) is 4.99. The fraction of sp³-hybridized carbons (Fsp3) is 0.727. The van der Waals surface area contributed by atoms with Gasteiger partial charge in [-0.15, -0.1) is 0 Å². The van der Waals surface area contributed by atoms with E-state index in [0.717, 1.165) is 6.08 Å².